The van der Waals surface area contributed by atoms with Crippen molar-refractivity contribution >= 4 is 34.0 Å². The molecule has 110 valence electrons. The number of aromatic nitrogens is 2. The van der Waals surface area contributed by atoms with E-state index < -0.39 is 0 Å². The second-order valence-corrected chi connectivity index (χ2v) is 7.15. The average Bonchev–Trinajstić information content (AvgIpc) is 3.02. The maximum Gasteiger partial charge on any atom is 0.111 e. The Morgan fingerprint density at radius 2 is 2.05 bits per heavy atom. The number of thiophene rings is 1. The molecule has 0 saturated heterocycles. The van der Waals surface area contributed by atoms with Crippen LogP contribution in [0.3, 0.4) is 0 Å². The number of fused-ring (bicyclic) bond motifs is 1. The van der Waals surface area contributed by atoms with Gasteiger partial charge in [-0.05, 0) is 50.6 Å². The average molecular weight is 319 g/mol. The molecule has 21 heavy (non-hydrogen) atoms. The molecular formula is C17H19ClN2S. The minimum atomic E-state index is 0.286. The molecule has 0 bridgehead atoms. The van der Waals surface area contributed by atoms with Gasteiger partial charge in [0.05, 0.1) is 17.1 Å². The molecule has 0 radical (unpaired) electrons. The molecular weight excluding hydrogens is 300 g/mol. The molecule has 2 heterocycles. The number of nitrogens with zero attached hydrogens (tertiary/aromatic N) is 2. The van der Waals surface area contributed by atoms with Gasteiger partial charge in [0.1, 0.15) is 5.82 Å². The third-order valence-electron chi connectivity index (χ3n) is 3.80. The summed E-state index contributed by atoms with van der Waals surface area (Å²) in [7, 11) is 0. The third kappa shape index (κ3) is 2.72. The highest BCUT2D eigenvalue weighted by molar-refractivity contribution is 7.12. The zero-order valence-corrected chi connectivity index (χ0v) is 14.1. The van der Waals surface area contributed by atoms with Crippen LogP contribution in [0.5, 0.6) is 0 Å². The van der Waals surface area contributed by atoms with E-state index >= 15 is 0 Å². The van der Waals surface area contributed by atoms with Gasteiger partial charge in [-0.3, -0.25) is 0 Å². The van der Waals surface area contributed by atoms with E-state index in [1.54, 1.807) is 0 Å². The predicted octanol–water partition coefficient (Wildman–Crippen LogP) is 5.11. The molecule has 0 saturated carbocycles. The number of imidazole rings is 1. The summed E-state index contributed by atoms with van der Waals surface area (Å²) in [6, 6.07) is 11.1. The Morgan fingerprint density at radius 3 is 2.71 bits per heavy atom. The van der Waals surface area contributed by atoms with Gasteiger partial charge in [0.25, 0.3) is 0 Å². The van der Waals surface area contributed by atoms with Crippen molar-refractivity contribution in [2.45, 2.75) is 33.2 Å². The number of aryl methyl sites for hydroxylation is 3. The molecule has 0 fully saturated rings. The van der Waals surface area contributed by atoms with Crippen LogP contribution in [-0.4, -0.2) is 15.4 Å². The molecule has 0 aliphatic heterocycles. The van der Waals surface area contributed by atoms with Gasteiger partial charge in [0, 0.05) is 22.1 Å². The highest BCUT2D eigenvalue weighted by Gasteiger charge is 2.18. The SMILES string of the molecule is Cc1ccc2nc(CCCl)n(C(C)c3ccc(C)s3)c2c1. The van der Waals surface area contributed by atoms with Crippen molar-refractivity contribution in [3.63, 3.8) is 0 Å². The van der Waals surface area contributed by atoms with Crippen LogP contribution in [0.25, 0.3) is 11.0 Å². The van der Waals surface area contributed by atoms with Crippen LogP contribution in [-0.2, 0) is 6.42 Å². The maximum atomic E-state index is 5.97. The molecule has 0 aliphatic carbocycles. The normalized spacial score (nSPS) is 13.0. The summed E-state index contributed by atoms with van der Waals surface area (Å²) in [5.41, 5.74) is 3.52. The van der Waals surface area contributed by atoms with E-state index in [-0.39, 0.29) is 6.04 Å². The largest absolute Gasteiger partial charge is 0.320 e. The highest BCUT2D eigenvalue weighted by Crippen LogP contribution is 2.30. The summed E-state index contributed by atoms with van der Waals surface area (Å²) in [4.78, 5) is 7.49. The second kappa shape index (κ2) is 5.82. The molecule has 4 heteroatoms. The Hall–Kier alpha value is -1.32. The number of hydrogen-bond acceptors (Lipinski definition) is 2. The van der Waals surface area contributed by atoms with Crippen LogP contribution >= 0.6 is 22.9 Å². The van der Waals surface area contributed by atoms with Crippen molar-refractivity contribution in [3.8, 4) is 0 Å². The fourth-order valence-electron chi connectivity index (χ4n) is 2.75. The van der Waals surface area contributed by atoms with Crippen LogP contribution < -0.4 is 0 Å². The first-order valence-electron chi connectivity index (χ1n) is 7.20. The maximum absolute atomic E-state index is 5.97. The van der Waals surface area contributed by atoms with E-state index in [0.717, 1.165) is 17.8 Å². The molecule has 1 atom stereocenters. The summed E-state index contributed by atoms with van der Waals surface area (Å²) >= 11 is 7.82. The summed E-state index contributed by atoms with van der Waals surface area (Å²) in [5, 5.41) is 0. The first-order chi connectivity index (χ1) is 10.1. The van der Waals surface area contributed by atoms with Gasteiger partial charge < -0.3 is 4.57 Å². The quantitative estimate of drug-likeness (QED) is 0.611. The molecule has 0 spiro atoms. The Labute approximate surface area is 134 Å². The lowest BCUT2D eigenvalue weighted by Gasteiger charge is -2.16. The molecule has 0 aliphatic rings. The Kier molecular flexibility index (Phi) is 4.05. The fraction of sp³-hybridized carbons (Fsp3) is 0.353. The van der Waals surface area contributed by atoms with Gasteiger partial charge in [0.2, 0.25) is 0 Å². The zero-order valence-electron chi connectivity index (χ0n) is 12.6. The Bertz CT molecular complexity index is 772. The molecule has 1 unspecified atom stereocenters. The topological polar surface area (TPSA) is 17.8 Å². The van der Waals surface area contributed by atoms with E-state index in [1.165, 1.54) is 20.8 Å². The van der Waals surface area contributed by atoms with Gasteiger partial charge in [-0.2, -0.15) is 0 Å². The molecule has 0 N–H and O–H groups in total. The molecule has 1 aromatic carbocycles. The van der Waals surface area contributed by atoms with Crippen molar-refractivity contribution in [2.75, 3.05) is 5.88 Å². The van der Waals surface area contributed by atoms with E-state index in [1.807, 2.05) is 11.3 Å². The molecule has 3 aromatic rings. The van der Waals surface area contributed by atoms with E-state index in [0.29, 0.717) is 5.88 Å². The van der Waals surface area contributed by atoms with E-state index in [9.17, 15) is 0 Å². The van der Waals surface area contributed by atoms with Crippen molar-refractivity contribution < 1.29 is 0 Å². The number of alkyl halides is 1. The standard InChI is InChI=1S/C17H19ClN2S/c1-11-4-6-14-15(10-11)20(17(19-14)8-9-18)13(3)16-7-5-12(2)21-16/h4-7,10,13H,8-9H2,1-3H3. The lowest BCUT2D eigenvalue weighted by Crippen LogP contribution is -2.10. The van der Waals surface area contributed by atoms with Gasteiger partial charge in [-0.1, -0.05) is 6.07 Å². The molecule has 0 amide bonds. The summed E-state index contributed by atoms with van der Waals surface area (Å²) in [6.07, 6.45) is 0.796. The lowest BCUT2D eigenvalue weighted by molar-refractivity contribution is 0.633. The monoisotopic (exact) mass is 318 g/mol. The van der Waals surface area contributed by atoms with E-state index in [4.69, 9.17) is 16.6 Å². The molecule has 2 aromatic heterocycles. The predicted molar refractivity (Wildman–Crippen MR) is 91.8 cm³/mol. The van der Waals surface area contributed by atoms with Crippen LogP contribution in [0, 0.1) is 13.8 Å². The number of hydrogen-bond donors (Lipinski definition) is 0. The second-order valence-electron chi connectivity index (χ2n) is 5.45. The van der Waals surface area contributed by atoms with Crippen molar-refractivity contribution in [1.29, 1.82) is 0 Å². The minimum Gasteiger partial charge on any atom is -0.320 e. The van der Waals surface area contributed by atoms with Gasteiger partial charge in [-0.15, -0.1) is 22.9 Å². The fourth-order valence-corrected chi connectivity index (χ4v) is 3.84. The Balaban J connectivity index is 2.18. The van der Waals surface area contributed by atoms with Gasteiger partial charge in [-0.25, -0.2) is 4.98 Å². The zero-order chi connectivity index (χ0) is 15.0. The smallest absolute Gasteiger partial charge is 0.111 e. The third-order valence-corrected chi connectivity index (χ3v) is 5.16. The van der Waals surface area contributed by atoms with Crippen LogP contribution in [0.15, 0.2) is 30.3 Å². The van der Waals surface area contributed by atoms with Crippen LogP contribution in [0.4, 0.5) is 0 Å². The number of halogens is 1. The minimum absolute atomic E-state index is 0.286. The van der Waals surface area contributed by atoms with Gasteiger partial charge >= 0.3 is 0 Å². The highest BCUT2D eigenvalue weighted by atomic mass is 35.5. The number of rotatable bonds is 4. The lowest BCUT2D eigenvalue weighted by atomic mass is 10.2. The van der Waals surface area contributed by atoms with Crippen LogP contribution in [0.2, 0.25) is 0 Å². The van der Waals surface area contributed by atoms with Crippen LogP contribution in [0.1, 0.15) is 34.1 Å². The summed E-state index contributed by atoms with van der Waals surface area (Å²) < 4.78 is 2.34. The summed E-state index contributed by atoms with van der Waals surface area (Å²) in [6.45, 7) is 6.52. The summed E-state index contributed by atoms with van der Waals surface area (Å²) in [5.74, 6) is 1.67. The first-order valence-corrected chi connectivity index (χ1v) is 8.55. The van der Waals surface area contributed by atoms with Crippen molar-refractivity contribution in [3.05, 3.63) is 51.5 Å². The van der Waals surface area contributed by atoms with Gasteiger partial charge in [0.15, 0.2) is 0 Å². The van der Waals surface area contributed by atoms with E-state index in [2.05, 4.69) is 55.7 Å². The Morgan fingerprint density at radius 1 is 1.24 bits per heavy atom. The van der Waals surface area contributed by atoms with Crippen molar-refractivity contribution in [1.82, 2.24) is 9.55 Å². The number of benzene rings is 1. The first kappa shape index (κ1) is 14.6. The molecule has 3 rings (SSSR count). The molecule has 2 nitrogen and oxygen atoms in total. The van der Waals surface area contributed by atoms with Crippen molar-refractivity contribution in [2.24, 2.45) is 0 Å².